The number of nitrogens with zero attached hydrogens (tertiary/aromatic N) is 4. The lowest BCUT2D eigenvalue weighted by Gasteiger charge is -2.08. The molecule has 3 N–H and O–H groups in total. The number of anilines is 1. The van der Waals surface area contributed by atoms with Crippen LogP contribution in [-0.2, 0) is 6.18 Å². The van der Waals surface area contributed by atoms with Crippen molar-refractivity contribution >= 4 is 29.0 Å². The predicted molar refractivity (Wildman–Crippen MR) is 63.6 cm³/mol. The number of nitrogens with two attached hydrogens (primary N) is 1. The Labute approximate surface area is 113 Å². The van der Waals surface area contributed by atoms with Gasteiger partial charge in [0.1, 0.15) is 10.0 Å². The molecule has 6 nitrogen and oxygen atoms in total. The molecule has 0 aliphatic heterocycles. The van der Waals surface area contributed by atoms with Crippen molar-refractivity contribution in [3.63, 3.8) is 0 Å². The van der Waals surface area contributed by atoms with E-state index in [9.17, 15) is 13.2 Å². The molecule has 0 aliphatic rings. The van der Waals surface area contributed by atoms with E-state index in [1.54, 1.807) is 6.92 Å². The van der Waals surface area contributed by atoms with Crippen molar-refractivity contribution in [1.82, 2.24) is 20.2 Å². The third-order valence-corrected chi connectivity index (χ3v) is 3.63. The van der Waals surface area contributed by atoms with Gasteiger partial charge >= 0.3 is 6.18 Å². The molecule has 0 fully saturated rings. The fourth-order valence-corrected chi connectivity index (χ4v) is 2.86. The molecule has 0 saturated heterocycles. The van der Waals surface area contributed by atoms with E-state index < -0.39 is 11.9 Å². The zero-order valence-electron chi connectivity index (χ0n) is 9.39. The zero-order valence-corrected chi connectivity index (χ0v) is 11.0. The number of nitrogen functional groups attached to an aromatic ring is 1. The maximum Gasteiger partial charge on any atom is 0.433 e. The van der Waals surface area contributed by atoms with Crippen LogP contribution in [0.4, 0.5) is 19.1 Å². The lowest BCUT2D eigenvalue weighted by Crippen LogP contribution is -2.15. The molecule has 2 heterocycles. The molecule has 102 valence electrons. The average molecular weight is 308 g/mol. The smallest absolute Gasteiger partial charge is 0.292 e. The quantitative estimate of drug-likeness (QED) is 0.510. The van der Waals surface area contributed by atoms with Gasteiger partial charge in [0.05, 0.1) is 0 Å². The molecule has 2 aromatic rings. The SMILES string of the molecule is Cc1nnc(Sc2cc(C(F)(F)F)nc(NN)n2)s1. The van der Waals surface area contributed by atoms with Crippen LogP contribution in [0, 0.1) is 6.92 Å². The van der Waals surface area contributed by atoms with Gasteiger partial charge in [0.15, 0.2) is 10.0 Å². The number of hydrogen-bond acceptors (Lipinski definition) is 8. The first-order valence-electron chi connectivity index (χ1n) is 4.79. The molecule has 0 aromatic carbocycles. The molecular formula is C8H7F3N6S2. The molecule has 0 spiro atoms. The second kappa shape index (κ2) is 5.27. The van der Waals surface area contributed by atoms with Gasteiger partial charge < -0.3 is 0 Å². The molecule has 0 atom stereocenters. The number of hydrogen-bond donors (Lipinski definition) is 2. The number of aryl methyl sites for hydroxylation is 1. The molecule has 19 heavy (non-hydrogen) atoms. The van der Waals surface area contributed by atoms with E-state index in [4.69, 9.17) is 5.84 Å². The first-order chi connectivity index (χ1) is 8.88. The molecule has 0 unspecified atom stereocenters. The summed E-state index contributed by atoms with van der Waals surface area (Å²) in [5, 5.41) is 8.37. The summed E-state index contributed by atoms with van der Waals surface area (Å²) >= 11 is 2.22. The third-order valence-electron chi connectivity index (χ3n) is 1.82. The Morgan fingerprint density at radius 2 is 2.05 bits per heavy atom. The zero-order chi connectivity index (χ0) is 14.0. The molecule has 2 rings (SSSR count). The highest BCUT2D eigenvalue weighted by Crippen LogP contribution is 2.34. The number of halogens is 3. The van der Waals surface area contributed by atoms with Gasteiger partial charge in [-0.15, -0.1) is 10.2 Å². The van der Waals surface area contributed by atoms with E-state index in [1.165, 1.54) is 11.3 Å². The summed E-state index contributed by atoms with van der Waals surface area (Å²) in [6.07, 6.45) is -4.57. The minimum Gasteiger partial charge on any atom is -0.292 e. The van der Waals surface area contributed by atoms with E-state index in [-0.39, 0.29) is 11.0 Å². The molecule has 11 heteroatoms. The molecule has 0 aliphatic carbocycles. The Bertz CT molecular complexity index is 584. The largest absolute Gasteiger partial charge is 0.433 e. The highest BCUT2D eigenvalue weighted by Gasteiger charge is 2.33. The van der Waals surface area contributed by atoms with Crippen LogP contribution >= 0.6 is 23.1 Å². The molecule has 0 amide bonds. The van der Waals surface area contributed by atoms with Gasteiger partial charge in [-0.2, -0.15) is 13.2 Å². The predicted octanol–water partition coefficient (Wildman–Crippen LogP) is 2.09. The summed E-state index contributed by atoms with van der Waals surface area (Å²) in [5.74, 6) is 4.74. The van der Waals surface area contributed by atoms with Gasteiger partial charge in [-0.3, -0.25) is 5.43 Å². The summed E-state index contributed by atoms with van der Waals surface area (Å²) < 4.78 is 38.4. The Morgan fingerprint density at radius 1 is 1.32 bits per heavy atom. The fourth-order valence-electron chi connectivity index (χ4n) is 1.10. The van der Waals surface area contributed by atoms with E-state index in [2.05, 4.69) is 20.2 Å². The van der Waals surface area contributed by atoms with Crippen LogP contribution in [0.2, 0.25) is 0 Å². The third kappa shape index (κ3) is 3.52. The van der Waals surface area contributed by atoms with Crippen molar-refractivity contribution in [3.8, 4) is 0 Å². The topological polar surface area (TPSA) is 89.6 Å². The van der Waals surface area contributed by atoms with Crippen molar-refractivity contribution in [2.75, 3.05) is 5.43 Å². The van der Waals surface area contributed by atoms with E-state index in [0.29, 0.717) is 9.35 Å². The minimum atomic E-state index is -4.57. The molecule has 0 radical (unpaired) electrons. The fraction of sp³-hybridized carbons (Fsp3) is 0.250. The van der Waals surface area contributed by atoms with Gasteiger partial charge in [-0.1, -0.05) is 11.3 Å². The van der Waals surface area contributed by atoms with Crippen LogP contribution < -0.4 is 11.3 Å². The number of aromatic nitrogens is 4. The van der Waals surface area contributed by atoms with E-state index in [1.807, 2.05) is 5.43 Å². The summed E-state index contributed by atoms with van der Waals surface area (Å²) in [4.78, 5) is 7.08. The van der Waals surface area contributed by atoms with Crippen molar-refractivity contribution in [2.24, 2.45) is 5.84 Å². The summed E-state index contributed by atoms with van der Waals surface area (Å²) in [6.45, 7) is 1.75. The van der Waals surface area contributed by atoms with Crippen LogP contribution in [0.1, 0.15) is 10.7 Å². The Balaban J connectivity index is 2.34. The standard InChI is InChI=1S/C8H7F3N6S2/c1-3-16-17-7(18-3)19-5-2-4(8(9,10)11)13-6(14-5)15-12/h2H,12H2,1H3,(H,13,14,15). The highest BCUT2D eigenvalue weighted by atomic mass is 32.2. The van der Waals surface area contributed by atoms with E-state index >= 15 is 0 Å². The number of alkyl halides is 3. The van der Waals surface area contributed by atoms with Crippen molar-refractivity contribution in [2.45, 2.75) is 22.5 Å². The van der Waals surface area contributed by atoms with Gasteiger partial charge in [0.2, 0.25) is 5.95 Å². The van der Waals surface area contributed by atoms with Gasteiger partial charge in [0.25, 0.3) is 0 Å². The summed E-state index contributed by atoms with van der Waals surface area (Å²) in [6, 6.07) is 0.836. The number of hydrazine groups is 1. The maximum absolute atomic E-state index is 12.6. The van der Waals surface area contributed by atoms with Gasteiger partial charge in [0, 0.05) is 6.07 Å². The van der Waals surface area contributed by atoms with Crippen molar-refractivity contribution in [3.05, 3.63) is 16.8 Å². The van der Waals surface area contributed by atoms with E-state index in [0.717, 1.165) is 17.8 Å². The first-order valence-corrected chi connectivity index (χ1v) is 6.42. The maximum atomic E-state index is 12.6. The average Bonchev–Trinajstić information content (AvgIpc) is 2.73. The van der Waals surface area contributed by atoms with Gasteiger partial charge in [-0.05, 0) is 18.7 Å². The number of rotatable bonds is 3. The normalized spacial score (nSPS) is 11.6. The van der Waals surface area contributed by atoms with Crippen molar-refractivity contribution < 1.29 is 13.2 Å². The van der Waals surface area contributed by atoms with Crippen molar-refractivity contribution in [1.29, 1.82) is 0 Å². The Morgan fingerprint density at radius 3 is 2.58 bits per heavy atom. The summed E-state index contributed by atoms with van der Waals surface area (Å²) in [7, 11) is 0. The second-order valence-electron chi connectivity index (χ2n) is 3.25. The molecule has 2 aromatic heterocycles. The monoisotopic (exact) mass is 308 g/mol. The Hall–Kier alpha value is -1.46. The number of nitrogens with one attached hydrogen (secondary N) is 1. The van der Waals surface area contributed by atoms with Crippen LogP contribution in [0.3, 0.4) is 0 Å². The lowest BCUT2D eigenvalue weighted by molar-refractivity contribution is -0.141. The van der Waals surface area contributed by atoms with Crippen LogP contribution in [0.5, 0.6) is 0 Å². The van der Waals surface area contributed by atoms with Gasteiger partial charge in [-0.25, -0.2) is 15.8 Å². The highest BCUT2D eigenvalue weighted by molar-refractivity contribution is 8.01. The van der Waals surface area contributed by atoms with Crippen LogP contribution in [0.25, 0.3) is 0 Å². The Kier molecular flexibility index (Phi) is 3.87. The molecule has 0 saturated carbocycles. The lowest BCUT2D eigenvalue weighted by atomic mass is 10.4. The second-order valence-corrected chi connectivity index (χ2v) is 5.70. The summed E-state index contributed by atoms with van der Waals surface area (Å²) in [5.41, 5.74) is 0.932. The first kappa shape index (κ1) is 14.0. The molecule has 0 bridgehead atoms. The molecular weight excluding hydrogens is 301 g/mol. The van der Waals surface area contributed by atoms with Crippen LogP contribution in [-0.4, -0.2) is 20.2 Å². The minimum absolute atomic E-state index is 0.0893. The van der Waals surface area contributed by atoms with Crippen LogP contribution in [0.15, 0.2) is 15.4 Å².